The average molecular weight is 462 g/mol. The van der Waals surface area contributed by atoms with Crippen LogP contribution in [0, 0.1) is 12.7 Å². The van der Waals surface area contributed by atoms with Crippen LogP contribution < -0.4 is 5.32 Å². The molecule has 0 bridgehead atoms. The molecule has 0 saturated heterocycles. The highest BCUT2D eigenvalue weighted by Gasteiger charge is 2.24. The maximum atomic E-state index is 13.4. The van der Waals surface area contributed by atoms with Crippen LogP contribution in [0.25, 0.3) is 10.6 Å². The maximum absolute atomic E-state index is 13.4. The molecule has 0 unspecified atom stereocenters. The van der Waals surface area contributed by atoms with Crippen molar-refractivity contribution in [2.75, 3.05) is 18.4 Å². The number of thiazole rings is 1. The summed E-state index contributed by atoms with van der Waals surface area (Å²) in [4.78, 5) is 17.1. The van der Waals surface area contributed by atoms with E-state index in [9.17, 15) is 17.6 Å². The molecule has 6 nitrogen and oxygen atoms in total. The second-order valence-corrected chi connectivity index (χ2v) is 9.71. The number of nitrogens with zero attached hydrogens (tertiary/aromatic N) is 2. The van der Waals surface area contributed by atoms with Crippen molar-refractivity contribution in [3.8, 4) is 10.6 Å². The standard InChI is InChI=1S/C22H24FN3O3S2/c1-4-26(5-2)31(28,29)20-12-18(10-9-15(20)3)24-21(27)13-19-14-30-22(25-19)16-7-6-8-17(23)11-16/h6-12,14H,4-5,13H2,1-3H3,(H,24,27). The molecule has 2 aromatic carbocycles. The summed E-state index contributed by atoms with van der Waals surface area (Å²) >= 11 is 1.33. The van der Waals surface area contributed by atoms with Crippen LogP contribution in [-0.4, -0.2) is 36.7 Å². The number of carbonyl (C=O) groups excluding carboxylic acids is 1. The highest BCUT2D eigenvalue weighted by molar-refractivity contribution is 7.89. The second-order valence-electron chi connectivity index (χ2n) is 6.95. The number of aryl methyl sites for hydroxylation is 1. The Hall–Kier alpha value is -2.62. The average Bonchev–Trinajstić information content (AvgIpc) is 3.18. The first-order valence-electron chi connectivity index (χ1n) is 9.85. The number of nitrogens with one attached hydrogen (secondary N) is 1. The molecule has 0 aliphatic rings. The van der Waals surface area contributed by atoms with Gasteiger partial charge < -0.3 is 5.32 Å². The summed E-state index contributed by atoms with van der Waals surface area (Å²) in [7, 11) is -3.64. The van der Waals surface area contributed by atoms with E-state index in [2.05, 4.69) is 10.3 Å². The van der Waals surface area contributed by atoms with E-state index in [0.29, 0.717) is 40.6 Å². The van der Waals surface area contributed by atoms with E-state index in [-0.39, 0.29) is 23.0 Å². The number of amides is 1. The fraction of sp³-hybridized carbons (Fsp3) is 0.273. The minimum atomic E-state index is -3.64. The lowest BCUT2D eigenvalue weighted by molar-refractivity contribution is -0.115. The first-order valence-corrected chi connectivity index (χ1v) is 12.2. The first-order chi connectivity index (χ1) is 14.7. The van der Waals surface area contributed by atoms with Crippen molar-refractivity contribution in [2.24, 2.45) is 0 Å². The Kier molecular flexibility index (Phi) is 7.19. The third-order valence-corrected chi connectivity index (χ3v) is 7.89. The van der Waals surface area contributed by atoms with Crippen LogP contribution in [0.5, 0.6) is 0 Å². The third-order valence-electron chi connectivity index (χ3n) is 4.76. The van der Waals surface area contributed by atoms with Crippen LogP contribution in [0.3, 0.4) is 0 Å². The summed E-state index contributed by atoms with van der Waals surface area (Å²) in [5.41, 5.74) is 2.23. The largest absolute Gasteiger partial charge is 0.326 e. The van der Waals surface area contributed by atoms with Crippen molar-refractivity contribution < 1.29 is 17.6 Å². The van der Waals surface area contributed by atoms with Crippen LogP contribution in [0.4, 0.5) is 10.1 Å². The van der Waals surface area contributed by atoms with Crippen LogP contribution in [0.15, 0.2) is 52.7 Å². The van der Waals surface area contributed by atoms with Gasteiger partial charge in [-0.1, -0.05) is 32.0 Å². The molecule has 9 heteroatoms. The van der Waals surface area contributed by atoms with Crippen molar-refractivity contribution in [1.29, 1.82) is 0 Å². The number of anilines is 1. The van der Waals surface area contributed by atoms with Gasteiger partial charge >= 0.3 is 0 Å². The Bertz CT molecular complexity index is 1190. The van der Waals surface area contributed by atoms with Crippen molar-refractivity contribution in [1.82, 2.24) is 9.29 Å². The second kappa shape index (κ2) is 9.67. The molecule has 1 heterocycles. The molecule has 0 aliphatic heterocycles. The Morgan fingerprint density at radius 1 is 1.16 bits per heavy atom. The predicted molar refractivity (Wildman–Crippen MR) is 121 cm³/mol. The van der Waals surface area contributed by atoms with Crippen molar-refractivity contribution >= 4 is 33.0 Å². The fourth-order valence-corrected chi connectivity index (χ4v) is 5.70. The molecule has 0 radical (unpaired) electrons. The van der Waals surface area contributed by atoms with Gasteiger partial charge in [-0.2, -0.15) is 4.31 Å². The fourth-order valence-electron chi connectivity index (χ4n) is 3.17. The molecule has 3 aromatic rings. The van der Waals surface area contributed by atoms with E-state index in [1.807, 2.05) is 0 Å². The van der Waals surface area contributed by atoms with Gasteiger partial charge in [0, 0.05) is 29.7 Å². The molecule has 0 aliphatic carbocycles. The number of rotatable bonds is 8. The van der Waals surface area contributed by atoms with Crippen LogP contribution >= 0.6 is 11.3 Å². The molecule has 0 atom stereocenters. The van der Waals surface area contributed by atoms with Gasteiger partial charge in [-0.05, 0) is 36.8 Å². The smallest absolute Gasteiger partial charge is 0.243 e. The van der Waals surface area contributed by atoms with E-state index in [1.54, 1.807) is 50.4 Å². The zero-order valence-corrected chi connectivity index (χ0v) is 19.2. The number of halogens is 1. The molecule has 164 valence electrons. The van der Waals surface area contributed by atoms with E-state index < -0.39 is 10.0 Å². The molecule has 0 fully saturated rings. The van der Waals surface area contributed by atoms with Gasteiger partial charge in [-0.3, -0.25) is 4.79 Å². The lowest BCUT2D eigenvalue weighted by atomic mass is 10.2. The Morgan fingerprint density at radius 2 is 1.90 bits per heavy atom. The maximum Gasteiger partial charge on any atom is 0.243 e. The molecule has 3 rings (SSSR count). The SMILES string of the molecule is CCN(CC)S(=O)(=O)c1cc(NC(=O)Cc2csc(-c3cccc(F)c3)n2)ccc1C. The Morgan fingerprint density at radius 3 is 2.58 bits per heavy atom. The zero-order chi connectivity index (χ0) is 22.6. The van der Waals surface area contributed by atoms with Gasteiger partial charge in [0.15, 0.2) is 0 Å². The summed E-state index contributed by atoms with van der Waals surface area (Å²) in [5.74, 6) is -0.659. The highest BCUT2D eigenvalue weighted by Crippen LogP contribution is 2.26. The summed E-state index contributed by atoms with van der Waals surface area (Å²) in [5, 5.41) is 5.13. The van der Waals surface area contributed by atoms with Crippen molar-refractivity contribution in [3.63, 3.8) is 0 Å². The van der Waals surface area contributed by atoms with Crippen molar-refractivity contribution in [3.05, 3.63) is 64.9 Å². The van der Waals surface area contributed by atoms with Gasteiger partial charge in [-0.15, -0.1) is 11.3 Å². The quantitative estimate of drug-likeness (QED) is 0.537. The van der Waals surface area contributed by atoms with E-state index in [4.69, 9.17) is 0 Å². The Balaban J connectivity index is 1.74. The molecule has 1 aromatic heterocycles. The number of sulfonamides is 1. The van der Waals surface area contributed by atoms with Gasteiger partial charge in [0.1, 0.15) is 10.8 Å². The summed E-state index contributed by atoms with van der Waals surface area (Å²) in [6.07, 6.45) is 0.0256. The number of carbonyl (C=O) groups is 1. The van der Waals surface area contributed by atoms with Gasteiger partial charge in [0.2, 0.25) is 15.9 Å². The Labute approximate surface area is 185 Å². The minimum absolute atomic E-state index is 0.0256. The predicted octanol–water partition coefficient (Wildman–Crippen LogP) is 4.47. The van der Waals surface area contributed by atoms with E-state index >= 15 is 0 Å². The molecule has 1 N–H and O–H groups in total. The minimum Gasteiger partial charge on any atom is -0.326 e. The highest BCUT2D eigenvalue weighted by atomic mass is 32.2. The molecule has 0 spiro atoms. The van der Waals surface area contributed by atoms with E-state index in [1.165, 1.54) is 33.8 Å². The van der Waals surface area contributed by atoms with Crippen LogP contribution in [0.2, 0.25) is 0 Å². The number of benzene rings is 2. The van der Waals surface area contributed by atoms with Gasteiger partial charge in [0.25, 0.3) is 0 Å². The molecular weight excluding hydrogens is 437 g/mol. The van der Waals surface area contributed by atoms with Gasteiger partial charge in [-0.25, -0.2) is 17.8 Å². The summed E-state index contributed by atoms with van der Waals surface area (Å²) in [6.45, 7) is 6.03. The molecular formula is C22H24FN3O3S2. The molecule has 1 amide bonds. The monoisotopic (exact) mass is 461 g/mol. The number of hydrogen-bond donors (Lipinski definition) is 1. The van der Waals surface area contributed by atoms with Crippen LogP contribution in [0.1, 0.15) is 25.1 Å². The van der Waals surface area contributed by atoms with E-state index in [0.717, 1.165) is 0 Å². The topological polar surface area (TPSA) is 79.4 Å². The third kappa shape index (κ3) is 5.36. The first kappa shape index (κ1) is 23.1. The molecule has 0 saturated carbocycles. The zero-order valence-electron chi connectivity index (χ0n) is 17.6. The molecule has 31 heavy (non-hydrogen) atoms. The van der Waals surface area contributed by atoms with Crippen molar-refractivity contribution in [2.45, 2.75) is 32.1 Å². The van der Waals surface area contributed by atoms with Crippen LogP contribution in [-0.2, 0) is 21.2 Å². The number of hydrogen-bond acceptors (Lipinski definition) is 5. The lowest BCUT2D eigenvalue weighted by Crippen LogP contribution is -2.31. The summed E-state index contributed by atoms with van der Waals surface area (Å²) < 4.78 is 40.6. The summed E-state index contributed by atoms with van der Waals surface area (Å²) in [6, 6.07) is 11.0. The number of aromatic nitrogens is 1. The lowest BCUT2D eigenvalue weighted by Gasteiger charge is -2.20. The van der Waals surface area contributed by atoms with Gasteiger partial charge in [0.05, 0.1) is 17.0 Å². The normalized spacial score (nSPS) is 11.6.